The number of aromatic amines is 1. The van der Waals surface area contributed by atoms with Crippen molar-refractivity contribution in [3.63, 3.8) is 0 Å². The summed E-state index contributed by atoms with van der Waals surface area (Å²) in [5.74, 6) is 0.504. The molecule has 4 rings (SSSR count). The smallest absolute Gasteiger partial charge is 0.368 e. The lowest BCUT2D eigenvalue weighted by molar-refractivity contribution is -0.137. The summed E-state index contributed by atoms with van der Waals surface area (Å²) >= 11 is 0. The highest BCUT2D eigenvalue weighted by Gasteiger charge is 2.31. The van der Waals surface area contributed by atoms with E-state index in [1.807, 2.05) is 41.8 Å². The zero-order chi connectivity index (χ0) is 22.9. The Kier molecular flexibility index (Phi) is 5.95. The number of aromatic nitrogens is 2. The highest BCUT2D eigenvalue weighted by Crippen LogP contribution is 2.32. The molecule has 2 heterocycles. The highest BCUT2D eigenvalue weighted by atomic mass is 19.4. The van der Waals surface area contributed by atoms with Gasteiger partial charge in [0.1, 0.15) is 0 Å². The summed E-state index contributed by atoms with van der Waals surface area (Å²) in [6.07, 6.45) is -3.85. The van der Waals surface area contributed by atoms with Gasteiger partial charge in [-0.25, -0.2) is 4.98 Å². The van der Waals surface area contributed by atoms with Crippen LogP contribution in [0.15, 0.2) is 53.3 Å². The number of nitrogens with zero attached hydrogens (tertiary/aromatic N) is 3. The van der Waals surface area contributed by atoms with E-state index in [1.165, 1.54) is 12.1 Å². The van der Waals surface area contributed by atoms with Crippen LogP contribution in [0.25, 0.3) is 0 Å². The molecule has 1 N–H and O–H groups in total. The first-order chi connectivity index (χ1) is 15.2. The molecule has 5 nitrogen and oxygen atoms in total. The van der Waals surface area contributed by atoms with Crippen LogP contribution in [0.2, 0.25) is 0 Å². The normalized spacial score (nSPS) is 14.7. The van der Waals surface area contributed by atoms with E-state index in [0.29, 0.717) is 55.5 Å². The monoisotopic (exact) mass is 442 g/mol. The van der Waals surface area contributed by atoms with Crippen molar-refractivity contribution in [1.82, 2.24) is 9.97 Å². The van der Waals surface area contributed by atoms with Gasteiger partial charge in [-0.15, -0.1) is 0 Å². The third kappa shape index (κ3) is 4.79. The van der Waals surface area contributed by atoms with Crippen LogP contribution in [0.3, 0.4) is 0 Å². The highest BCUT2D eigenvalue weighted by molar-refractivity contribution is 5.51. The Morgan fingerprint density at radius 1 is 0.969 bits per heavy atom. The van der Waals surface area contributed by atoms with Gasteiger partial charge in [-0.2, -0.15) is 13.2 Å². The van der Waals surface area contributed by atoms with Gasteiger partial charge >= 0.3 is 6.18 Å². The van der Waals surface area contributed by atoms with Gasteiger partial charge in [0, 0.05) is 43.9 Å². The quantitative estimate of drug-likeness (QED) is 0.654. The molecule has 1 saturated heterocycles. The van der Waals surface area contributed by atoms with Crippen molar-refractivity contribution in [3.05, 3.63) is 86.8 Å². The molecular formula is C24H25F3N4O. The fourth-order valence-corrected chi connectivity index (χ4v) is 4.04. The van der Waals surface area contributed by atoms with Gasteiger partial charge in [0.05, 0.1) is 11.3 Å². The van der Waals surface area contributed by atoms with E-state index in [2.05, 4.69) is 16.0 Å². The minimum Gasteiger partial charge on any atom is -0.368 e. The summed E-state index contributed by atoms with van der Waals surface area (Å²) in [5, 5.41) is 0. The molecule has 1 aliphatic rings. The molecule has 1 fully saturated rings. The average Bonchev–Trinajstić information content (AvgIpc) is 2.76. The lowest BCUT2D eigenvalue weighted by Gasteiger charge is -2.36. The molecule has 0 saturated carbocycles. The van der Waals surface area contributed by atoms with Gasteiger partial charge in [-0.05, 0) is 37.6 Å². The average molecular weight is 442 g/mol. The fraction of sp³-hybridized carbons (Fsp3) is 0.333. The number of alkyl halides is 3. The Labute approximate surface area is 184 Å². The Hall–Kier alpha value is -3.29. The van der Waals surface area contributed by atoms with Crippen molar-refractivity contribution in [2.24, 2.45) is 0 Å². The number of benzene rings is 2. The fourth-order valence-electron chi connectivity index (χ4n) is 4.04. The molecule has 0 amide bonds. The number of halogens is 3. The van der Waals surface area contributed by atoms with E-state index in [1.54, 1.807) is 6.07 Å². The zero-order valence-corrected chi connectivity index (χ0v) is 18.0. The van der Waals surface area contributed by atoms with E-state index >= 15 is 0 Å². The predicted molar refractivity (Wildman–Crippen MR) is 119 cm³/mol. The number of H-pyrrole nitrogens is 1. The summed E-state index contributed by atoms with van der Waals surface area (Å²) < 4.78 is 39.0. The third-order valence-corrected chi connectivity index (χ3v) is 5.79. The van der Waals surface area contributed by atoms with Crippen molar-refractivity contribution < 1.29 is 13.2 Å². The molecule has 0 unspecified atom stereocenters. The zero-order valence-electron chi connectivity index (χ0n) is 18.0. The van der Waals surface area contributed by atoms with Crippen LogP contribution in [-0.2, 0) is 12.6 Å². The van der Waals surface area contributed by atoms with Gasteiger partial charge in [-0.1, -0.05) is 35.9 Å². The first-order valence-electron chi connectivity index (χ1n) is 10.5. The summed E-state index contributed by atoms with van der Waals surface area (Å²) in [4.78, 5) is 24.2. The summed E-state index contributed by atoms with van der Waals surface area (Å²) in [6.45, 7) is 6.03. The van der Waals surface area contributed by atoms with E-state index in [9.17, 15) is 18.0 Å². The van der Waals surface area contributed by atoms with E-state index in [0.717, 1.165) is 17.2 Å². The molecule has 3 aromatic rings. The maximum absolute atomic E-state index is 13.0. The molecule has 0 bridgehead atoms. The van der Waals surface area contributed by atoms with Gasteiger partial charge in [0.15, 0.2) is 0 Å². The van der Waals surface area contributed by atoms with Crippen molar-refractivity contribution >= 4 is 11.6 Å². The summed E-state index contributed by atoms with van der Waals surface area (Å²) in [6, 6.07) is 13.4. The molecule has 0 atom stereocenters. The first-order valence-corrected chi connectivity index (χ1v) is 10.5. The van der Waals surface area contributed by atoms with Gasteiger partial charge in [0.2, 0.25) is 5.95 Å². The molecule has 32 heavy (non-hydrogen) atoms. The van der Waals surface area contributed by atoms with Gasteiger partial charge < -0.3 is 9.80 Å². The molecule has 1 aliphatic heterocycles. The number of rotatable bonds is 4. The number of nitrogens with one attached hydrogen (secondary N) is 1. The van der Waals surface area contributed by atoms with Crippen LogP contribution >= 0.6 is 0 Å². The largest absolute Gasteiger partial charge is 0.416 e. The second-order valence-electron chi connectivity index (χ2n) is 8.14. The third-order valence-electron chi connectivity index (χ3n) is 5.79. The molecule has 1 aromatic heterocycles. The number of aryl methyl sites for hydroxylation is 2. The molecular weight excluding hydrogens is 417 g/mol. The van der Waals surface area contributed by atoms with Crippen LogP contribution in [0.1, 0.15) is 27.9 Å². The van der Waals surface area contributed by atoms with Crippen molar-refractivity contribution in [3.8, 4) is 0 Å². The van der Waals surface area contributed by atoms with E-state index in [-0.39, 0.29) is 5.56 Å². The number of piperazine rings is 1. The number of anilines is 2. The topological polar surface area (TPSA) is 52.2 Å². The van der Waals surface area contributed by atoms with Crippen LogP contribution in [0.5, 0.6) is 0 Å². The molecule has 8 heteroatoms. The lowest BCUT2D eigenvalue weighted by atomic mass is 10.0. The standard InChI is InChI=1S/C24H25F3N4O/c1-16-5-3-6-18(13-16)14-21-17(2)28-23(29-22(21)32)31-11-9-30(10-12-31)20-8-4-7-19(15-20)24(25,26)27/h3-8,13,15H,9-12,14H2,1-2H3,(H,28,29,32). The molecule has 168 valence electrons. The Balaban J connectivity index is 1.46. The van der Waals surface area contributed by atoms with E-state index < -0.39 is 11.7 Å². The van der Waals surface area contributed by atoms with Gasteiger partial charge in [0.25, 0.3) is 5.56 Å². The van der Waals surface area contributed by atoms with Crippen LogP contribution in [0.4, 0.5) is 24.8 Å². The molecule has 0 spiro atoms. The van der Waals surface area contributed by atoms with Crippen molar-refractivity contribution in [2.45, 2.75) is 26.4 Å². The SMILES string of the molecule is Cc1cccc(Cc2c(C)nc(N3CCN(c4cccc(C(F)(F)F)c4)CC3)[nH]c2=O)c1. The molecule has 0 radical (unpaired) electrons. The maximum atomic E-state index is 13.0. The van der Waals surface area contributed by atoms with Crippen LogP contribution in [-0.4, -0.2) is 36.1 Å². The lowest BCUT2D eigenvalue weighted by Crippen LogP contribution is -2.47. The maximum Gasteiger partial charge on any atom is 0.416 e. The second-order valence-corrected chi connectivity index (χ2v) is 8.14. The first kappa shape index (κ1) is 21.9. The van der Waals surface area contributed by atoms with Gasteiger partial charge in [-0.3, -0.25) is 9.78 Å². The minimum atomic E-state index is -4.36. The number of hydrogen-bond donors (Lipinski definition) is 1. The minimum absolute atomic E-state index is 0.158. The second kappa shape index (κ2) is 8.68. The summed E-state index contributed by atoms with van der Waals surface area (Å²) in [5.41, 5.74) is 3.26. The Morgan fingerprint density at radius 3 is 2.31 bits per heavy atom. The predicted octanol–water partition coefficient (Wildman–Crippen LogP) is 4.32. The summed E-state index contributed by atoms with van der Waals surface area (Å²) in [7, 11) is 0. The van der Waals surface area contributed by atoms with Crippen LogP contribution < -0.4 is 15.4 Å². The molecule has 2 aromatic carbocycles. The van der Waals surface area contributed by atoms with Crippen molar-refractivity contribution in [2.75, 3.05) is 36.0 Å². The Morgan fingerprint density at radius 2 is 1.66 bits per heavy atom. The van der Waals surface area contributed by atoms with E-state index in [4.69, 9.17) is 0 Å². The molecule has 0 aliphatic carbocycles. The van der Waals surface area contributed by atoms with Crippen molar-refractivity contribution in [1.29, 1.82) is 0 Å². The Bertz CT molecular complexity index is 1160. The number of hydrogen-bond acceptors (Lipinski definition) is 4. The van der Waals surface area contributed by atoms with Crippen LogP contribution in [0, 0.1) is 13.8 Å².